The van der Waals surface area contributed by atoms with Gasteiger partial charge in [-0.15, -0.1) is 0 Å². The number of carbonyl (C=O) groups is 4. The number of nitrogens with zero attached hydrogens (tertiary/aromatic N) is 2. The predicted molar refractivity (Wildman–Crippen MR) is 73.1 cm³/mol. The second-order valence-corrected chi connectivity index (χ2v) is 5.47. The fraction of sp³-hybridized carbons (Fsp3) is 0.250. The van der Waals surface area contributed by atoms with E-state index in [-0.39, 0.29) is 96.3 Å². The van der Waals surface area contributed by atoms with Crippen molar-refractivity contribution < 1.29 is 39.6 Å². The molecule has 13 heteroatoms. The van der Waals surface area contributed by atoms with Crippen LogP contribution >= 0.6 is 0 Å². The zero-order valence-corrected chi connectivity index (χ0v) is 20.6. The Morgan fingerprint density at radius 3 is 1.76 bits per heavy atom. The molecule has 1 aliphatic rings. The van der Waals surface area contributed by atoms with Gasteiger partial charge in [-0.2, -0.15) is 5.26 Å². The Labute approximate surface area is 218 Å². The van der Waals surface area contributed by atoms with Crippen LogP contribution < -0.4 is 20.4 Å². The number of carboxylic acid groups (broad SMARTS) is 4. The number of allylic oxidation sites excluding steroid dienone is 1. The molecule has 0 bridgehead atoms. The molecule has 0 saturated heterocycles. The maximum atomic E-state index is 11.1. The summed E-state index contributed by atoms with van der Waals surface area (Å²) in [5.41, 5.74) is -0.836. The Morgan fingerprint density at radius 2 is 1.44 bits per heavy atom. The molecule has 25 heavy (non-hydrogen) atoms. The van der Waals surface area contributed by atoms with Crippen LogP contribution in [0.5, 0.6) is 0 Å². The standard InChI is InChI=1S/C12H10N2O8Si.2Sr/c13-2-6-5(1-7(15)16)10(12(21)22)23-11(6)14(3-8(17)18)4-9(19)20;;/h1,3-4H2,(H,15,16)(H,17,18)(H,19,20)(H,21,22);;/q;2*+2/p-4. The minimum atomic E-state index is -1.75. The predicted octanol–water partition coefficient (Wildman–Crippen LogP) is -7.38. The third kappa shape index (κ3) is 7.93. The molecule has 0 N–H and O–H groups in total. The van der Waals surface area contributed by atoms with Crippen LogP contribution in [0.15, 0.2) is 21.7 Å². The SMILES string of the molecule is N#CC1=C(N(CC(=O)[O-])CC(=O)[O-])[Si]C(C(=O)[O-])=C1CC(=O)[O-].[Sr+2].[Sr+2]. The summed E-state index contributed by atoms with van der Waals surface area (Å²) < 4.78 is 0. The normalized spacial score (nSPS) is 12.6. The van der Waals surface area contributed by atoms with Gasteiger partial charge in [-0.05, 0) is 10.8 Å². The van der Waals surface area contributed by atoms with E-state index in [9.17, 15) is 39.6 Å². The molecular formula is C12H6N2O8SiSr2. The summed E-state index contributed by atoms with van der Waals surface area (Å²) in [7, 11) is -0.855. The fourth-order valence-electron chi connectivity index (χ4n) is 1.90. The van der Waals surface area contributed by atoms with Crippen LogP contribution in [0, 0.1) is 11.3 Å². The fourth-order valence-corrected chi connectivity index (χ4v) is 3.25. The second kappa shape index (κ2) is 12.3. The molecule has 0 aromatic heterocycles. The number of carbonyl (C=O) groups excluding carboxylic acids is 4. The van der Waals surface area contributed by atoms with Crippen molar-refractivity contribution in [2.45, 2.75) is 6.42 Å². The van der Waals surface area contributed by atoms with Gasteiger partial charge < -0.3 is 44.5 Å². The molecule has 0 aliphatic carbocycles. The van der Waals surface area contributed by atoms with Gasteiger partial charge in [0.2, 0.25) is 0 Å². The summed E-state index contributed by atoms with van der Waals surface area (Å²) in [6.07, 6.45) is -0.910. The summed E-state index contributed by atoms with van der Waals surface area (Å²) in [6.45, 7) is -1.89. The monoisotopic (exact) mass is 510 g/mol. The van der Waals surface area contributed by atoms with E-state index in [1.54, 1.807) is 6.07 Å². The molecule has 2 radical (unpaired) electrons. The summed E-state index contributed by atoms with van der Waals surface area (Å²) in [6, 6.07) is 1.56. The number of aliphatic carboxylic acids is 4. The van der Waals surface area contributed by atoms with Crippen molar-refractivity contribution in [3.05, 3.63) is 21.7 Å². The minimum absolute atomic E-state index is 0. The Morgan fingerprint density at radius 1 is 0.960 bits per heavy atom. The maximum absolute atomic E-state index is 11.1. The van der Waals surface area contributed by atoms with Crippen LogP contribution in [0.2, 0.25) is 0 Å². The summed E-state index contributed by atoms with van der Waals surface area (Å²) in [4.78, 5) is 43.9. The van der Waals surface area contributed by atoms with Crippen LogP contribution in [0.25, 0.3) is 0 Å². The van der Waals surface area contributed by atoms with E-state index >= 15 is 0 Å². The first-order valence-corrected chi connectivity index (χ1v) is 6.88. The summed E-state index contributed by atoms with van der Waals surface area (Å²) >= 11 is 0. The van der Waals surface area contributed by atoms with Crippen molar-refractivity contribution >= 4 is 124 Å². The van der Waals surface area contributed by atoms with Crippen LogP contribution in [-0.4, -0.2) is 142 Å². The van der Waals surface area contributed by atoms with Gasteiger partial charge in [-0.25, -0.2) is 0 Å². The van der Waals surface area contributed by atoms with Gasteiger partial charge in [0.05, 0.1) is 36.6 Å². The van der Waals surface area contributed by atoms with E-state index in [2.05, 4.69) is 0 Å². The second-order valence-electron chi connectivity index (χ2n) is 4.25. The summed E-state index contributed by atoms with van der Waals surface area (Å²) in [5.74, 6) is -6.76. The number of carboxylic acids is 4. The number of nitriles is 1. The smallest absolute Gasteiger partial charge is 0.550 e. The van der Waals surface area contributed by atoms with E-state index in [4.69, 9.17) is 5.26 Å². The van der Waals surface area contributed by atoms with Crippen molar-refractivity contribution in [3.63, 3.8) is 0 Å². The zero-order chi connectivity index (χ0) is 17.7. The average Bonchev–Trinajstić information content (AvgIpc) is 2.74. The Kier molecular flexibility index (Phi) is 13.3. The largest absolute Gasteiger partial charge is 2.00 e. The third-order valence-electron chi connectivity index (χ3n) is 2.68. The molecule has 0 amide bonds. The molecule has 0 aromatic carbocycles. The number of hydrogen-bond acceptors (Lipinski definition) is 10. The molecule has 1 rings (SSSR count). The van der Waals surface area contributed by atoms with Crippen molar-refractivity contribution in [2.24, 2.45) is 0 Å². The molecule has 0 saturated carbocycles. The molecule has 0 spiro atoms. The van der Waals surface area contributed by atoms with E-state index in [1.807, 2.05) is 0 Å². The van der Waals surface area contributed by atoms with Crippen molar-refractivity contribution in [1.29, 1.82) is 5.26 Å². The van der Waals surface area contributed by atoms with Crippen LogP contribution in [0.3, 0.4) is 0 Å². The molecule has 1 aliphatic heterocycles. The van der Waals surface area contributed by atoms with Crippen molar-refractivity contribution in [3.8, 4) is 6.07 Å². The molecule has 0 fully saturated rings. The first kappa shape index (κ1) is 27.1. The molecule has 0 unspecified atom stereocenters. The summed E-state index contributed by atoms with van der Waals surface area (Å²) in [5, 5.41) is 51.5. The van der Waals surface area contributed by atoms with Gasteiger partial charge in [-0.3, -0.25) is 0 Å². The molecule has 0 aromatic rings. The number of hydrogen-bond donors (Lipinski definition) is 0. The Hall–Kier alpha value is -0.172. The van der Waals surface area contributed by atoms with Gasteiger partial charge in [0.25, 0.3) is 0 Å². The maximum Gasteiger partial charge on any atom is 2.00 e. The molecule has 120 valence electrons. The van der Waals surface area contributed by atoms with Gasteiger partial charge in [0.15, 0.2) is 0 Å². The van der Waals surface area contributed by atoms with Crippen LogP contribution in [-0.2, 0) is 19.2 Å². The van der Waals surface area contributed by atoms with E-state index in [0.717, 1.165) is 0 Å². The quantitative estimate of drug-likeness (QED) is 0.284. The van der Waals surface area contributed by atoms with E-state index < -0.39 is 69.2 Å². The van der Waals surface area contributed by atoms with Gasteiger partial charge in [-0.1, -0.05) is 0 Å². The van der Waals surface area contributed by atoms with E-state index in [1.165, 1.54) is 0 Å². The first-order valence-electron chi connectivity index (χ1n) is 5.88. The van der Waals surface area contributed by atoms with Crippen molar-refractivity contribution in [1.82, 2.24) is 4.90 Å². The molecule has 1 heterocycles. The minimum Gasteiger partial charge on any atom is -0.550 e. The van der Waals surface area contributed by atoms with E-state index in [0.29, 0.717) is 4.90 Å². The molecule has 0 atom stereocenters. The van der Waals surface area contributed by atoms with Gasteiger partial charge in [0.1, 0.15) is 15.6 Å². The third-order valence-corrected chi connectivity index (χ3v) is 4.24. The van der Waals surface area contributed by atoms with Gasteiger partial charge in [0, 0.05) is 17.7 Å². The van der Waals surface area contributed by atoms with Crippen LogP contribution in [0.1, 0.15) is 6.42 Å². The molecule has 10 nitrogen and oxygen atoms in total. The Balaban J connectivity index is 0. The average molecular weight is 510 g/mol. The number of rotatable bonds is 8. The van der Waals surface area contributed by atoms with Crippen molar-refractivity contribution in [2.75, 3.05) is 13.1 Å². The topological polar surface area (TPSA) is 188 Å². The molecular weight excluding hydrogens is 503 g/mol. The zero-order valence-electron chi connectivity index (χ0n) is 12.7. The Bertz CT molecular complexity index is 682. The van der Waals surface area contributed by atoms with Crippen LogP contribution in [0.4, 0.5) is 0 Å². The van der Waals surface area contributed by atoms with Gasteiger partial charge >= 0.3 is 91.0 Å². The first-order chi connectivity index (χ1) is 10.7.